The molecule has 0 radical (unpaired) electrons. The van der Waals surface area contributed by atoms with Crippen molar-refractivity contribution in [2.45, 2.75) is 25.5 Å². The molecule has 0 saturated carbocycles. The predicted octanol–water partition coefficient (Wildman–Crippen LogP) is -0.424. The van der Waals surface area contributed by atoms with E-state index in [-0.39, 0.29) is 12.1 Å². The van der Waals surface area contributed by atoms with Gasteiger partial charge in [-0.1, -0.05) is 6.92 Å². The first-order valence-corrected chi connectivity index (χ1v) is 6.23. The van der Waals surface area contributed by atoms with Crippen molar-refractivity contribution in [3.63, 3.8) is 0 Å². The molecule has 3 atom stereocenters. The predicted molar refractivity (Wildman–Crippen MR) is 61.9 cm³/mol. The molecule has 2 rings (SSSR count). The van der Waals surface area contributed by atoms with E-state index in [2.05, 4.69) is 17.2 Å². The fourth-order valence-electron chi connectivity index (χ4n) is 2.62. The van der Waals surface area contributed by atoms with Crippen molar-refractivity contribution in [3.8, 4) is 0 Å². The zero-order valence-corrected chi connectivity index (χ0v) is 10.0. The highest BCUT2D eigenvalue weighted by Gasteiger charge is 2.34. The molecule has 0 bridgehead atoms. The molecule has 16 heavy (non-hydrogen) atoms. The molecular weight excluding hydrogens is 206 g/mol. The first-order valence-electron chi connectivity index (χ1n) is 6.23. The number of nitrogens with zero attached hydrogens (tertiary/aromatic N) is 1. The number of nitrogens with two attached hydrogens (primary N) is 1. The number of morpholine rings is 1. The monoisotopic (exact) mass is 229 g/mol. The van der Waals surface area contributed by atoms with Crippen LogP contribution in [0.3, 0.4) is 0 Å². The summed E-state index contributed by atoms with van der Waals surface area (Å²) in [5, 5.41) is 0. The van der Waals surface area contributed by atoms with E-state index in [1.807, 2.05) is 0 Å². The van der Waals surface area contributed by atoms with Crippen molar-refractivity contribution in [1.29, 1.82) is 0 Å². The highest BCUT2D eigenvalue weighted by atomic mass is 16.5. The third kappa shape index (κ3) is 2.73. The molecule has 2 heterocycles. The summed E-state index contributed by atoms with van der Waals surface area (Å²) in [7, 11) is 0. The Balaban J connectivity index is 1.91. The van der Waals surface area contributed by atoms with Crippen molar-refractivity contribution in [3.05, 3.63) is 0 Å². The van der Waals surface area contributed by atoms with Crippen LogP contribution in [0.2, 0.25) is 0 Å². The molecule has 2 aliphatic rings. The fourth-order valence-corrected chi connectivity index (χ4v) is 2.62. The van der Waals surface area contributed by atoms with E-state index in [1.54, 1.807) is 0 Å². The van der Waals surface area contributed by atoms with Crippen LogP contribution in [0, 0.1) is 5.92 Å². The first-order chi connectivity index (χ1) is 7.85. The van der Waals surface area contributed by atoms with Gasteiger partial charge >= 0.3 is 0 Å². The molecule has 2 fully saturated rings. The lowest BCUT2D eigenvalue weighted by atomic mass is 9.94. The third-order valence-corrected chi connectivity index (χ3v) is 3.69. The molecule has 3 N–H and O–H groups in total. The maximum Gasteiger partial charge on any atom is 0.0872 e. The summed E-state index contributed by atoms with van der Waals surface area (Å²) in [6, 6.07) is 0.219. The number of hydrogen-bond donors (Lipinski definition) is 2. The number of nitrogens with one attached hydrogen (secondary N) is 1. The number of ether oxygens (including phenoxy) is 2. The average molecular weight is 229 g/mol. The Morgan fingerprint density at radius 1 is 1.50 bits per heavy atom. The summed E-state index contributed by atoms with van der Waals surface area (Å²) < 4.78 is 11.3. The van der Waals surface area contributed by atoms with Crippen LogP contribution in [-0.4, -0.2) is 56.5 Å². The van der Waals surface area contributed by atoms with Crippen LogP contribution >= 0.6 is 0 Å². The fraction of sp³-hybridized carbons (Fsp3) is 1.00. The Morgan fingerprint density at radius 2 is 2.38 bits per heavy atom. The zero-order valence-electron chi connectivity index (χ0n) is 10.0. The van der Waals surface area contributed by atoms with Gasteiger partial charge in [0.05, 0.1) is 25.4 Å². The lowest BCUT2D eigenvalue weighted by Gasteiger charge is -2.38. The van der Waals surface area contributed by atoms with Gasteiger partial charge in [-0.05, 0) is 13.0 Å². The Bertz CT molecular complexity index is 209. The van der Waals surface area contributed by atoms with Crippen LogP contribution in [0.25, 0.3) is 0 Å². The molecular formula is C11H23N3O2. The average Bonchev–Trinajstić information content (AvgIpc) is 2.84. The summed E-state index contributed by atoms with van der Waals surface area (Å²) in [5.41, 5.74) is 2.93. The quantitative estimate of drug-likeness (QED) is 0.506. The summed E-state index contributed by atoms with van der Waals surface area (Å²) in [4.78, 5) is 2.41. The molecule has 2 aliphatic heterocycles. The van der Waals surface area contributed by atoms with Crippen molar-refractivity contribution < 1.29 is 9.47 Å². The van der Waals surface area contributed by atoms with Gasteiger partial charge in [-0.2, -0.15) is 0 Å². The molecule has 5 nitrogen and oxygen atoms in total. The van der Waals surface area contributed by atoms with Gasteiger partial charge in [0, 0.05) is 25.6 Å². The van der Waals surface area contributed by atoms with E-state index in [9.17, 15) is 0 Å². The van der Waals surface area contributed by atoms with E-state index >= 15 is 0 Å². The van der Waals surface area contributed by atoms with Crippen molar-refractivity contribution in [2.24, 2.45) is 11.8 Å². The number of hydrazine groups is 1. The van der Waals surface area contributed by atoms with Crippen molar-refractivity contribution in [1.82, 2.24) is 10.3 Å². The van der Waals surface area contributed by atoms with E-state index in [0.29, 0.717) is 5.92 Å². The van der Waals surface area contributed by atoms with Gasteiger partial charge in [0.2, 0.25) is 0 Å². The van der Waals surface area contributed by atoms with E-state index in [4.69, 9.17) is 15.3 Å². The molecule has 0 spiro atoms. The Hall–Kier alpha value is -0.200. The van der Waals surface area contributed by atoms with E-state index < -0.39 is 0 Å². The molecule has 0 aromatic rings. The molecule has 0 aromatic heterocycles. The summed E-state index contributed by atoms with van der Waals surface area (Å²) in [6.07, 6.45) is 1.28. The Kier molecular flexibility index (Phi) is 4.55. The Morgan fingerprint density at radius 3 is 3.00 bits per heavy atom. The lowest BCUT2D eigenvalue weighted by molar-refractivity contribution is -0.0556. The minimum absolute atomic E-state index is 0.199. The minimum Gasteiger partial charge on any atom is -0.381 e. The topological polar surface area (TPSA) is 59.8 Å². The number of hydrogen-bond acceptors (Lipinski definition) is 5. The summed E-state index contributed by atoms with van der Waals surface area (Å²) in [5.74, 6) is 6.16. The zero-order chi connectivity index (χ0) is 11.4. The molecule has 94 valence electrons. The van der Waals surface area contributed by atoms with Gasteiger partial charge in [0.15, 0.2) is 0 Å². The van der Waals surface area contributed by atoms with Crippen LogP contribution in [0.5, 0.6) is 0 Å². The van der Waals surface area contributed by atoms with Crippen molar-refractivity contribution >= 4 is 0 Å². The van der Waals surface area contributed by atoms with Gasteiger partial charge in [-0.25, -0.2) is 0 Å². The minimum atomic E-state index is 0.199. The molecule has 0 aromatic carbocycles. The normalized spacial score (nSPS) is 34.1. The van der Waals surface area contributed by atoms with Crippen LogP contribution in [0.15, 0.2) is 0 Å². The van der Waals surface area contributed by atoms with Gasteiger partial charge < -0.3 is 9.47 Å². The Labute approximate surface area is 97.2 Å². The van der Waals surface area contributed by atoms with Crippen LogP contribution in [0.4, 0.5) is 0 Å². The second kappa shape index (κ2) is 5.93. The number of rotatable bonds is 4. The first kappa shape index (κ1) is 12.3. The molecule has 2 saturated heterocycles. The largest absolute Gasteiger partial charge is 0.381 e. The van der Waals surface area contributed by atoms with Crippen LogP contribution in [0.1, 0.15) is 13.3 Å². The number of likely N-dealkylation sites (N-methyl/N-ethyl adjacent to an activating group) is 1. The molecule has 5 heteroatoms. The maximum absolute atomic E-state index is 5.84. The van der Waals surface area contributed by atoms with E-state index in [0.717, 1.165) is 45.9 Å². The molecule has 3 unspecified atom stereocenters. The maximum atomic E-state index is 5.84. The summed E-state index contributed by atoms with van der Waals surface area (Å²) in [6.45, 7) is 7.75. The molecule has 0 aliphatic carbocycles. The van der Waals surface area contributed by atoms with Gasteiger partial charge in [-0.15, -0.1) is 0 Å². The smallest absolute Gasteiger partial charge is 0.0872 e. The molecule has 0 amide bonds. The van der Waals surface area contributed by atoms with Gasteiger partial charge in [-0.3, -0.25) is 16.2 Å². The SMILES string of the molecule is CCN1CCOC(C(NN)C2CCOC2)C1. The highest BCUT2D eigenvalue weighted by Crippen LogP contribution is 2.22. The standard InChI is InChI=1S/C11H23N3O2/c1-2-14-4-6-16-10(7-14)11(13-12)9-3-5-15-8-9/h9-11,13H,2-8,12H2,1H3. The van der Waals surface area contributed by atoms with Crippen LogP contribution in [-0.2, 0) is 9.47 Å². The van der Waals surface area contributed by atoms with Gasteiger partial charge in [0.25, 0.3) is 0 Å². The summed E-state index contributed by atoms with van der Waals surface area (Å²) >= 11 is 0. The second-order valence-electron chi connectivity index (χ2n) is 4.62. The lowest BCUT2D eigenvalue weighted by Crippen LogP contribution is -2.56. The second-order valence-corrected chi connectivity index (χ2v) is 4.62. The van der Waals surface area contributed by atoms with Crippen molar-refractivity contribution in [2.75, 3.05) is 39.5 Å². The van der Waals surface area contributed by atoms with Gasteiger partial charge in [0.1, 0.15) is 0 Å². The highest BCUT2D eigenvalue weighted by molar-refractivity contribution is 4.88. The van der Waals surface area contributed by atoms with Crippen LogP contribution < -0.4 is 11.3 Å². The van der Waals surface area contributed by atoms with E-state index in [1.165, 1.54) is 0 Å². The third-order valence-electron chi connectivity index (χ3n) is 3.69.